The number of rotatable bonds is 7. The van der Waals surface area contributed by atoms with E-state index in [0.29, 0.717) is 11.7 Å². The van der Waals surface area contributed by atoms with Gasteiger partial charge in [-0.1, -0.05) is 31.1 Å². The molecule has 1 aromatic heterocycles. The molecule has 0 fully saturated rings. The van der Waals surface area contributed by atoms with Crippen molar-refractivity contribution >= 4 is 5.97 Å². The van der Waals surface area contributed by atoms with E-state index >= 15 is 0 Å². The maximum Gasteiger partial charge on any atom is 0.310 e. The highest BCUT2D eigenvalue weighted by Crippen LogP contribution is 2.16. The smallest absolute Gasteiger partial charge is 0.310 e. The predicted octanol–water partition coefficient (Wildman–Crippen LogP) is 3.27. The lowest BCUT2D eigenvalue weighted by Gasteiger charge is -2.10. The zero-order valence-corrected chi connectivity index (χ0v) is 13.9. The summed E-state index contributed by atoms with van der Waals surface area (Å²) in [5.74, 6) is 1.47. The second kappa shape index (κ2) is 7.76. The Bertz CT molecular complexity index is 650. The Morgan fingerprint density at radius 3 is 2.70 bits per heavy atom. The second-order valence-electron chi connectivity index (χ2n) is 5.85. The van der Waals surface area contributed by atoms with Crippen LogP contribution >= 0.6 is 0 Å². The summed E-state index contributed by atoms with van der Waals surface area (Å²) < 4.78 is 15.8. The van der Waals surface area contributed by atoms with E-state index in [4.69, 9.17) is 14.0 Å². The van der Waals surface area contributed by atoms with Gasteiger partial charge in [0.05, 0.1) is 12.5 Å². The molecule has 23 heavy (non-hydrogen) atoms. The number of hydrogen-bond donors (Lipinski definition) is 0. The zero-order chi connectivity index (χ0) is 16.8. The van der Waals surface area contributed by atoms with Crippen LogP contribution in [0.1, 0.15) is 50.9 Å². The van der Waals surface area contributed by atoms with E-state index < -0.39 is 0 Å². The molecule has 2 aromatic rings. The van der Waals surface area contributed by atoms with Crippen molar-refractivity contribution in [3.8, 4) is 5.75 Å². The molecule has 0 radical (unpaired) electrons. The number of carbonyl (C=O) groups is 1. The van der Waals surface area contributed by atoms with Gasteiger partial charge in [0.15, 0.2) is 12.4 Å². The van der Waals surface area contributed by atoms with Crippen LogP contribution in [0, 0.1) is 0 Å². The van der Waals surface area contributed by atoms with Gasteiger partial charge in [0.2, 0.25) is 0 Å². The molecule has 2 rings (SSSR count). The van der Waals surface area contributed by atoms with Gasteiger partial charge >= 0.3 is 5.97 Å². The van der Waals surface area contributed by atoms with Crippen molar-refractivity contribution in [3.63, 3.8) is 0 Å². The normalized spacial score (nSPS) is 11.0. The highest BCUT2D eigenvalue weighted by molar-refractivity contribution is 5.72. The first-order chi connectivity index (χ1) is 10.9. The van der Waals surface area contributed by atoms with Crippen LogP contribution in [-0.2, 0) is 22.6 Å². The van der Waals surface area contributed by atoms with Crippen molar-refractivity contribution in [2.24, 2.45) is 0 Å². The lowest BCUT2D eigenvalue weighted by molar-refractivity contribution is -0.144. The summed E-state index contributed by atoms with van der Waals surface area (Å²) in [7, 11) is 0. The summed E-state index contributed by atoms with van der Waals surface area (Å²) in [6, 6.07) is 7.41. The van der Waals surface area contributed by atoms with Gasteiger partial charge in [-0.25, -0.2) is 0 Å². The van der Waals surface area contributed by atoms with Crippen molar-refractivity contribution in [2.75, 3.05) is 0 Å². The lowest BCUT2D eigenvalue weighted by Crippen LogP contribution is -2.09. The number of carbonyl (C=O) groups excluding carboxylic acids is 1. The first-order valence-electron chi connectivity index (χ1n) is 7.67. The van der Waals surface area contributed by atoms with E-state index in [9.17, 15) is 4.79 Å². The molecule has 0 aliphatic heterocycles. The van der Waals surface area contributed by atoms with Crippen LogP contribution in [0.15, 0.2) is 28.8 Å². The van der Waals surface area contributed by atoms with Gasteiger partial charge in [-0.2, -0.15) is 4.98 Å². The molecule has 0 atom stereocenters. The Balaban J connectivity index is 1.86. The van der Waals surface area contributed by atoms with E-state index in [-0.39, 0.29) is 31.0 Å². The van der Waals surface area contributed by atoms with Gasteiger partial charge in [0.25, 0.3) is 5.89 Å². The fourth-order valence-electron chi connectivity index (χ4n) is 1.92. The fraction of sp³-hybridized carbons (Fsp3) is 0.471. The van der Waals surface area contributed by atoms with Crippen LogP contribution < -0.4 is 4.74 Å². The van der Waals surface area contributed by atoms with Crippen LogP contribution in [0.2, 0.25) is 0 Å². The predicted molar refractivity (Wildman–Crippen MR) is 84.1 cm³/mol. The van der Waals surface area contributed by atoms with E-state index in [0.717, 1.165) is 11.3 Å². The van der Waals surface area contributed by atoms with Crippen molar-refractivity contribution in [3.05, 3.63) is 41.5 Å². The number of nitrogens with zero attached hydrogens (tertiary/aromatic N) is 2. The molecule has 0 aliphatic carbocycles. The number of aromatic nitrogens is 2. The molecule has 6 nitrogen and oxygen atoms in total. The molecule has 0 aliphatic rings. The SMILES string of the molecule is CC(C)Oc1cccc(CC(=O)OCc2nc(C(C)C)no2)c1. The highest BCUT2D eigenvalue weighted by atomic mass is 16.6. The number of esters is 1. The van der Waals surface area contributed by atoms with Gasteiger partial charge < -0.3 is 14.0 Å². The zero-order valence-electron chi connectivity index (χ0n) is 13.9. The molecule has 1 aromatic carbocycles. The standard InChI is InChI=1S/C17H22N2O4/c1-11(2)17-18-15(23-19-17)10-21-16(20)9-13-6-5-7-14(8-13)22-12(3)4/h5-8,11-12H,9-10H2,1-4H3. The second-order valence-corrected chi connectivity index (χ2v) is 5.85. The lowest BCUT2D eigenvalue weighted by atomic mass is 10.1. The largest absolute Gasteiger partial charge is 0.491 e. The Kier molecular flexibility index (Phi) is 5.73. The van der Waals surface area contributed by atoms with E-state index in [2.05, 4.69) is 10.1 Å². The minimum absolute atomic E-state index is 0.0132. The molecule has 1 heterocycles. The monoisotopic (exact) mass is 318 g/mol. The van der Waals surface area contributed by atoms with Gasteiger partial charge in [0.1, 0.15) is 5.75 Å². The van der Waals surface area contributed by atoms with Crippen LogP contribution in [0.3, 0.4) is 0 Å². The minimum Gasteiger partial charge on any atom is -0.491 e. The van der Waals surface area contributed by atoms with Crippen molar-refractivity contribution in [1.82, 2.24) is 10.1 Å². The van der Waals surface area contributed by atoms with Crippen LogP contribution in [0.4, 0.5) is 0 Å². The average molecular weight is 318 g/mol. The van der Waals surface area contributed by atoms with Crippen LogP contribution in [0.5, 0.6) is 5.75 Å². The molecule has 0 spiro atoms. The molecule has 0 amide bonds. The van der Waals surface area contributed by atoms with Crippen molar-refractivity contribution in [2.45, 2.75) is 52.7 Å². The number of benzene rings is 1. The summed E-state index contributed by atoms with van der Waals surface area (Å²) in [5, 5.41) is 3.82. The van der Waals surface area contributed by atoms with E-state index in [1.807, 2.05) is 52.0 Å². The average Bonchev–Trinajstić information content (AvgIpc) is 2.94. The maximum absolute atomic E-state index is 11.9. The summed E-state index contributed by atoms with van der Waals surface area (Å²) in [5.41, 5.74) is 0.835. The molecular formula is C17H22N2O4. The van der Waals surface area contributed by atoms with E-state index in [1.54, 1.807) is 0 Å². The first kappa shape index (κ1) is 17.0. The van der Waals surface area contributed by atoms with Gasteiger partial charge in [-0.05, 0) is 31.5 Å². The molecule has 124 valence electrons. The molecule has 0 bridgehead atoms. The molecule has 0 unspecified atom stereocenters. The molecule has 0 saturated heterocycles. The topological polar surface area (TPSA) is 74.5 Å². The fourth-order valence-corrected chi connectivity index (χ4v) is 1.92. The number of hydrogen-bond acceptors (Lipinski definition) is 6. The third-order valence-corrected chi connectivity index (χ3v) is 2.98. The highest BCUT2D eigenvalue weighted by Gasteiger charge is 2.12. The quantitative estimate of drug-likeness (QED) is 0.729. The molecule has 0 saturated carbocycles. The van der Waals surface area contributed by atoms with Gasteiger partial charge in [-0.15, -0.1) is 0 Å². The molecule has 0 N–H and O–H groups in total. The summed E-state index contributed by atoms with van der Waals surface area (Å²) in [6.07, 6.45) is 0.255. The first-order valence-corrected chi connectivity index (χ1v) is 7.67. The number of ether oxygens (including phenoxy) is 2. The van der Waals surface area contributed by atoms with Gasteiger partial charge in [-0.3, -0.25) is 4.79 Å². The summed E-state index contributed by atoms with van der Waals surface area (Å²) in [6.45, 7) is 7.83. The molecular weight excluding hydrogens is 296 g/mol. The van der Waals surface area contributed by atoms with Crippen molar-refractivity contribution < 1.29 is 18.8 Å². The van der Waals surface area contributed by atoms with Gasteiger partial charge in [0, 0.05) is 5.92 Å². The Labute approximate surface area is 135 Å². The maximum atomic E-state index is 11.9. The van der Waals surface area contributed by atoms with Crippen molar-refractivity contribution in [1.29, 1.82) is 0 Å². The minimum atomic E-state index is -0.351. The van der Waals surface area contributed by atoms with Crippen LogP contribution in [-0.4, -0.2) is 22.2 Å². The Morgan fingerprint density at radius 2 is 2.04 bits per heavy atom. The summed E-state index contributed by atoms with van der Waals surface area (Å²) >= 11 is 0. The Morgan fingerprint density at radius 1 is 1.26 bits per heavy atom. The third kappa shape index (κ3) is 5.39. The summed E-state index contributed by atoms with van der Waals surface area (Å²) in [4.78, 5) is 16.1. The third-order valence-electron chi connectivity index (χ3n) is 2.98. The van der Waals surface area contributed by atoms with E-state index in [1.165, 1.54) is 0 Å². The molecule has 6 heteroatoms. The Hall–Kier alpha value is -2.37. The van der Waals surface area contributed by atoms with Crippen LogP contribution in [0.25, 0.3) is 0 Å².